The van der Waals surface area contributed by atoms with Crippen molar-refractivity contribution in [3.05, 3.63) is 0 Å². The van der Waals surface area contributed by atoms with Crippen LogP contribution in [-0.4, -0.2) is 24.7 Å². The molecule has 0 aliphatic rings. The molecule has 0 aromatic carbocycles. The molecule has 0 aliphatic carbocycles. The normalized spacial score (nSPS) is 11.7. The highest BCUT2D eigenvalue weighted by Crippen LogP contribution is 2.15. The van der Waals surface area contributed by atoms with Gasteiger partial charge in [-0.3, -0.25) is 4.79 Å². The second-order valence-corrected chi connectivity index (χ2v) is 10.1. The van der Waals surface area contributed by atoms with Gasteiger partial charge in [-0.2, -0.15) is 0 Å². The third-order valence-corrected chi connectivity index (χ3v) is 6.14. The van der Waals surface area contributed by atoms with E-state index in [9.17, 15) is 4.79 Å². The predicted molar refractivity (Wildman–Crippen MR) is 137 cm³/mol. The van der Waals surface area contributed by atoms with Crippen molar-refractivity contribution in [2.45, 2.75) is 162 Å². The molecule has 0 unspecified atom stereocenters. The molecule has 0 atom stereocenters. The highest BCUT2D eigenvalue weighted by Gasteiger charge is 2.21. The van der Waals surface area contributed by atoms with E-state index in [1.54, 1.807) is 0 Å². The van der Waals surface area contributed by atoms with Crippen molar-refractivity contribution in [2.24, 2.45) is 0 Å². The Morgan fingerprint density at radius 1 is 0.613 bits per heavy atom. The van der Waals surface area contributed by atoms with Crippen molar-refractivity contribution in [1.82, 2.24) is 5.32 Å². The van der Waals surface area contributed by atoms with E-state index < -0.39 is 0 Å². The zero-order valence-electron chi connectivity index (χ0n) is 21.9. The van der Waals surface area contributed by atoms with Gasteiger partial charge in [0.1, 0.15) is 0 Å². The zero-order chi connectivity index (χ0) is 23.0. The van der Waals surface area contributed by atoms with Crippen LogP contribution >= 0.6 is 0 Å². The fraction of sp³-hybridized carbons (Fsp3) is 0.964. The number of carbonyl (C=O) groups excluding carboxylic acids is 1. The van der Waals surface area contributed by atoms with Crippen molar-refractivity contribution in [2.75, 3.05) is 13.2 Å². The van der Waals surface area contributed by atoms with Gasteiger partial charge in [0.25, 0.3) is 0 Å². The van der Waals surface area contributed by atoms with Gasteiger partial charge in [-0.15, -0.1) is 0 Å². The van der Waals surface area contributed by atoms with Crippen molar-refractivity contribution >= 4 is 5.91 Å². The first-order valence-electron chi connectivity index (χ1n) is 13.9. The van der Waals surface area contributed by atoms with E-state index in [-0.39, 0.29) is 11.5 Å². The molecule has 3 nitrogen and oxygen atoms in total. The second-order valence-electron chi connectivity index (χ2n) is 10.1. The van der Waals surface area contributed by atoms with Crippen LogP contribution in [0.25, 0.3) is 0 Å². The SMILES string of the molecule is CCCCCCCCCCCCCCCCCCCCNC(=O)CC(C)(C)OCCC. The Morgan fingerprint density at radius 3 is 1.39 bits per heavy atom. The van der Waals surface area contributed by atoms with Gasteiger partial charge in [0, 0.05) is 13.2 Å². The quantitative estimate of drug-likeness (QED) is 0.153. The molecule has 0 saturated heterocycles. The van der Waals surface area contributed by atoms with Gasteiger partial charge in [0.05, 0.1) is 12.0 Å². The smallest absolute Gasteiger partial charge is 0.222 e. The summed E-state index contributed by atoms with van der Waals surface area (Å²) in [6.07, 6.45) is 26.4. The fourth-order valence-corrected chi connectivity index (χ4v) is 4.13. The fourth-order valence-electron chi connectivity index (χ4n) is 4.13. The summed E-state index contributed by atoms with van der Waals surface area (Å²) >= 11 is 0. The van der Waals surface area contributed by atoms with Crippen LogP contribution in [0.3, 0.4) is 0 Å². The van der Waals surface area contributed by atoms with Crippen molar-refractivity contribution in [1.29, 1.82) is 0 Å². The number of amides is 1. The van der Waals surface area contributed by atoms with Crippen molar-refractivity contribution < 1.29 is 9.53 Å². The Hall–Kier alpha value is -0.570. The average molecular weight is 440 g/mol. The molecule has 0 rings (SSSR count). The van der Waals surface area contributed by atoms with E-state index in [0.717, 1.165) is 26.0 Å². The summed E-state index contributed by atoms with van der Waals surface area (Å²) in [4.78, 5) is 12.0. The molecular weight excluding hydrogens is 382 g/mol. The number of ether oxygens (including phenoxy) is 1. The van der Waals surface area contributed by atoms with Crippen LogP contribution < -0.4 is 5.32 Å². The third kappa shape index (κ3) is 23.9. The highest BCUT2D eigenvalue weighted by atomic mass is 16.5. The Bertz CT molecular complexity index is 381. The van der Waals surface area contributed by atoms with E-state index in [0.29, 0.717) is 6.42 Å². The number of unbranched alkanes of at least 4 members (excludes halogenated alkanes) is 17. The van der Waals surface area contributed by atoms with Gasteiger partial charge in [-0.1, -0.05) is 123 Å². The minimum Gasteiger partial charge on any atom is -0.375 e. The van der Waals surface area contributed by atoms with Crippen LogP contribution in [0, 0.1) is 0 Å². The number of carbonyl (C=O) groups is 1. The van der Waals surface area contributed by atoms with E-state index in [4.69, 9.17) is 4.74 Å². The van der Waals surface area contributed by atoms with Gasteiger partial charge in [0.2, 0.25) is 5.91 Å². The van der Waals surface area contributed by atoms with Crippen LogP contribution in [0.1, 0.15) is 156 Å². The first kappa shape index (κ1) is 30.4. The molecule has 0 spiro atoms. The molecule has 0 bridgehead atoms. The minimum atomic E-state index is -0.353. The lowest BCUT2D eigenvalue weighted by Crippen LogP contribution is -2.35. The number of rotatable bonds is 24. The lowest BCUT2D eigenvalue weighted by Gasteiger charge is -2.24. The van der Waals surface area contributed by atoms with E-state index in [1.807, 2.05) is 13.8 Å². The largest absolute Gasteiger partial charge is 0.375 e. The summed E-state index contributed by atoms with van der Waals surface area (Å²) < 4.78 is 5.73. The molecule has 1 amide bonds. The first-order valence-corrected chi connectivity index (χ1v) is 13.9. The molecule has 0 aliphatic heterocycles. The lowest BCUT2D eigenvalue weighted by atomic mass is 10.0. The van der Waals surface area contributed by atoms with Crippen molar-refractivity contribution in [3.8, 4) is 0 Å². The second kappa shape index (κ2) is 22.6. The van der Waals surface area contributed by atoms with Crippen LogP contribution in [0.4, 0.5) is 0 Å². The van der Waals surface area contributed by atoms with Gasteiger partial charge < -0.3 is 10.1 Å². The zero-order valence-corrected chi connectivity index (χ0v) is 21.9. The Morgan fingerprint density at radius 2 is 1.00 bits per heavy atom. The molecule has 0 saturated carbocycles. The highest BCUT2D eigenvalue weighted by molar-refractivity contribution is 5.76. The molecule has 0 fully saturated rings. The van der Waals surface area contributed by atoms with Gasteiger partial charge >= 0.3 is 0 Å². The molecular formula is C28H57NO2. The Balaban J connectivity index is 3.24. The summed E-state index contributed by atoms with van der Waals surface area (Å²) in [7, 11) is 0. The van der Waals surface area contributed by atoms with Crippen molar-refractivity contribution in [3.63, 3.8) is 0 Å². The molecule has 0 radical (unpaired) electrons. The predicted octanol–water partition coefficient (Wildman–Crippen LogP) is 8.74. The summed E-state index contributed by atoms with van der Waals surface area (Å²) in [5, 5.41) is 3.05. The number of hydrogen-bond acceptors (Lipinski definition) is 2. The van der Waals surface area contributed by atoms with Gasteiger partial charge in [0.15, 0.2) is 0 Å². The van der Waals surface area contributed by atoms with Crippen LogP contribution in [0.15, 0.2) is 0 Å². The maximum Gasteiger partial charge on any atom is 0.222 e. The number of hydrogen-bond donors (Lipinski definition) is 1. The topological polar surface area (TPSA) is 38.3 Å². The minimum absolute atomic E-state index is 0.119. The summed E-state index contributed by atoms with van der Waals surface area (Å²) in [6.45, 7) is 9.91. The van der Waals surface area contributed by atoms with E-state index in [2.05, 4.69) is 19.2 Å². The van der Waals surface area contributed by atoms with E-state index >= 15 is 0 Å². The lowest BCUT2D eigenvalue weighted by molar-refractivity contribution is -0.127. The molecule has 186 valence electrons. The molecule has 1 N–H and O–H groups in total. The molecule has 3 heteroatoms. The van der Waals surface area contributed by atoms with Gasteiger partial charge in [-0.25, -0.2) is 0 Å². The number of nitrogens with one attached hydrogen (secondary N) is 1. The average Bonchev–Trinajstić information content (AvgIpc) is 2.73. The Labute approximate surface area is 195 Å². The third-order valence-electron chi connectivity index (χ3n) is 6.14. The first-order chi connectivity index (χ1) is 15.0. The summed E-state index contributed by atoms with van der Waals surface area (Å²) in [5.41, 5.74) is -0.353. The maximum absolute atomic E-state index is 12.0. The molecule has 0 aromatic rings. The van der Waals surface area contributed by atoms with Crippen LogP contribution in [-0.2, 0) is 9.53 Å². The van der Waals surface area contributed by atoms with Crippen LogP contribution in [0.2, 0.25) is 0 Å². The van der Waals surface area contributed by atoms with Gasteiger partial charge in [-0.05, 0) is 26.7 Å². The standard InChI is InChI=1S/C28H57NO2/c1-5-7-8-9-10-11-12-13-14-15-16-17-18-19-20-21-22-23-24-29-27(30)26-28(3,4)31-25-6-2/h5-26H2,1-4H3,(H,29,30). The Kier molecular flexibility index (Phi) is 22.2. The summed E-state index contributed by atoms with van der Waals surface area (Å²) in [6, 6.07) is 0. The molecule has 0 aromatic heterocycles. The molecule has 0 heterocycles. The van der Waals surface area contributed by atoms with Crippen LogP contribution in [0.5, 0.6) is 0 Å². The monoisotopic (exact) mass is 439 g/mol. The summed E-state index contributed by atoms with van der Waals surface area (Å²) in [5.74, 6) is 0.119. The molecule has 31 heavy (non-hydrogen) atoms. The maximum atomic E-state index is 12.0. The van der Waals surface area contributed by atoms with E-state index in [1.165, 1.54) is 109 Å².